The molecule has 8 heteroatoms. The van der Waals surface area contributed by atoms with Crippen molar-refractivity contribution in [2.45, 2.75) is 11.8 Å². The van der Waals surface area contributed by atoms with Crippen molar-refractivity contribution in [3.63, 3.8) is 0 Å². The molecule has 0 saturated carbocycles. The zero-order valence-corrected chi connectivity index (χ0v) is 15.3. The molecule has 0 radical (unpaired) electrons. The minimum absolute atomic E-state index is 0.0440. The molecule has 0 aliphatic heterocycles. The second kappa shape index (κ2) is 7.31. The molecule has 0 bridgehead atoms. The van der Waals surface area contributed by atoms with Gasteiger partial charge < -0.3 is 5.32 Å². The van der Waals surface area contributed by atoms with Gasteiger partial charge in [-0.1, -0.05) is 17.7 Å². The van der Waals surface area contributed by atoms with Crippen molar-refractivity contribution in [2.24, 2.45) is 0 Å². The zero-order chi connectivity index (χ0) is 18.7. The standard InChI is InChI=1S/C18H15ClFN3O2S/c1-12-2-3-13(19)10-17(12)22-15-6-9-18(21-11-15)23-26(24,25)16-7-4-14(20)5-8-16/h2-11,22H,1H3,(H,21,23). The van der Waals surface area contributed by atoms with Gasteiger partial charge in [-0.2, -0.15) is 0 Å². The Kier molecular flexibility index (Phi) is 5.11. The van der Waals surface area contributed by atoms with E-state index in [1.807, 2.05) is 13.0 Å². The third-order valence-electron chi connectivity index (χ3n) is 3.60. The summed E-state index contributed by atoms with van der Waals surface area (Å²) in [7, 11) is -3.83. The molecule has 2 N–H and O–H groups in total. The third kappa shape index (κ3) is 4.30. The number of rotatable bonds is 5. The molecule has 3 rings (SSSR count). The van der Waals surface area contributed by atoms with Gasteiger partial charge in [-0.25, -0.2) is 17.8 Å². The molecule has 0 spiro atoms. The highest BCUT2D eigenvalue weighted by molar-refractivity contribution is 7.92. The van der Waals surface area contributed by atoms with E-state index in [0.717, 1.165) is 23.4 Å². The van der Waals surface area contributed by atoms with Crippen molar-refractivity contribution in [3.05, 3.63) is 77.2 Å². The summed E-state index contributed by atoms with van der Waals surface area (Å²) < 4.78 is 39.8. The number of halogens is 2. The van der Waals surface area contributed by atoms with E-state index in [1.54, 1.807) is 18.2 Å². The molecule has 3 aromatic rings. The number of aryl methyl sites for hydroxylation is 1. The lowest BCUT2D eigenvalue weighted by Crippen LogP contribution is -2.13. The van der Waals surface area contributed by atoms with Crippen molar-refractivity contribution < 1.29 is 12.8 Å². The summed E-state index contributed by atoms with van der Waals surface area (Å²) in [6.07, 6.45) is 1.50. The number of anilines is 3. The summed E-state index contributed by atoms with van der Waals surface area (Å²) in [4.78, 5) is 4.05. The number of hydrogen-bond acceptors (Lipinski definition) is 4. The van der Waals surface area contributed by atoms with Crippen LogP contribution in [0.2, 0.25) is 5.02 Å². The largest absolute Gasteiger partial charge is 0.354 e. The van der Waals surface area contributed by atoms with E-state index < -0.39 is 15.8 Å². The first-order valence-electron chi connectivity index (χ1n) is 7.61. The maximum atomic E-state index is 12.9. The van der Waals surface area contributed by atoms with Crippen LogP contribution in [0.4, 0.5) is 21.6 Å². The summed E-state index contributed by atoms with van der Waals surface area (Å²) in [5, 5.41) is 3.78. The second-order valence-corrected chi connectivity index (χ2v) is 7.69. The Hall–Kier alpha value is -2.64. The molecule has 1 aromatic heterocycles. The van der Waals surface area contributed by atoms with E-state index in [4.69, 9.17) is 11.6 Å². The summed E-state index contributed by atoms with van der Waals surface area (Å²) in [5.41, 5.74) is 2.52. The highest BCUT2D eigenvalue weighted by Gasteiger charge is 2.14. The van der Waals surface area contributed by atoms with Gasteiger partial charge in [0.1, 0.15) is 11.6 Å². The Morgan fingerprint density at radius 3 is 2.42 bits per heavy atom. The SMILES string of the molecule is Cc1ccc(Cl)cc1Nc1ccc(NS(=O)(=O)c2ccc(F)cc2)nc1. The molecule has 5 nitrogen and oxygen atoms in total. The molecule has 0 fully saturated rings. The van der Waals surface area contributed by atoms with Crippen LogP contribution in [0.15, 0.2) is 65.7 Å². The third-order valence-corrected chi connectivity index (χ3v) is 5.21. The minimum atomic E-state index is -3.83. The van der Waals surface area contributed by atoms with Gasteiger partial charge in [-0.05, 0) is 61.0 Å². The summed E-state index contributed by atoms with van der Waals surface area (Å²) >= 11 is 5.99. The van der Waals surface area contributed by atoms with Crippen LogP contribution in [-0.2, 0) is 10.0 Å². The van der Waals surface area contributed by atoms with Gasteiger partial charge in [0.05, 0.1) is 16.8 Å². The Morgan fingerprint density at radius 2 is 1.77 bits per heavy atom. The number of pyridine rings is 1. The maximum absolute atomic E-state index is 12.9. The van der Waals surface area contributed by atoms with E-state index in [9.17, 15) is 12.8 Å². The monoisotopic (exact) mass is 391 g/mol. The molecule has 0 aliphatic rings. The number of nitrogens with zero attached hydrogens (tertiary/aromatic N) is 1. The molecule has 0 aliphatic carbocycles. The highest BCUT2D eigenvalue weighted by Crippen LogP contribution is 2.24. The Balaban J connectivity index is 1.75. The quantitative estimate of drug-likeness (QED) is 0.659. The van der Waals surface area contributed by atoms with Gasteiger partial charge in [0.15, 0.2) is 0 Å². The highest BCUT2D eigenvalue weighted by atomic mass is 35.5. The number of benzene rings is 2. The zero-order valence-electron chi connectivity index (χ0n) is 13.7. The van der Waals surface area contributed by atoms with Crippen LogP contribution in [0.1, 0.15) is 5.56 Å². The number of sulfonamides is 1. The van der Waals surface area contributed by atoms with Crippen LogP contribution >= 0.6 is 11.6 Å². The van der Waals surface area contributed by atoms with Crippen LogP contribution in [-0.4, -0.2) is 13.4 Å². The Morgan fingerprint density at radius 1 is 1.04 bits per heavy atom. The van der Waals surface area contributed by atoms with Gasteiger partial charge in [-0.15, -0.1) is 0 Å². The summed E-state index contributed by atoms with van der Waals surface area (Å²) in [5.74, 6) is -0.350. The van der Waals surface area contributed by atoms with Gasteiger partial charge in [-0.3, -0.25) is 4.72 Å². The number of aromatic nitrogens is 1. The van der Waals surface area contributed by atoms with Crippen molar-refractivity contribution >= 4 is 38.8 Å². The van der Waals surface area contributed by atoms with E-state index >= 15 is 0 Å². The Labute approximate surface area is 155 Å². The van der Waals surface area contributed by atoms with Crippen LogP contribution in [0.5, 0.6) is 0 Å². The van der Waals surface area contributed by atoms with E-state index in [2.05, 4.69) is 15.0 Å². The van der Waals surface area contributed by atoms with Crippen LogP contribution < -0.4 is 10.0 Å². The van der Waals surface area contributed by atoms with Crippen molar-refractivity contribution in [1.82, 2.24) is 4.98 Å². The van der Waals surface area contributed by atoms with Crippen molar-refractivity contribution in [3.8, 4) is 0 Å². The fourth-order valence-electron chi connectivity index (χ4n) is 2.22. The van der Waals surface area contributed by atoms with Gasteiger partial charge >= 0.3 is 0 Å². The first-order chi connectivity index (χ1) is 12.3. The second-order valence-electron chi connectivity index (χ2n) is 5.58. The Bertz CT molecular complexity index is 1020. The van der Waals surface area contributed by atoms with E-state index in [-0.39, 0.29) is 10.7 Å². The van der Waals surface area contributed by atoms with Crippen molar-refractivity contribution in [1.29, 1.82) is 0 Å². The first kappa shape index (κ1) is 18.2. The predicted molar refractivity (Wildman–Crippen MR) is 101 cm³/mol. The van der Waals surface area contributed by atoms with Crippen LogP contribution in [0, 0.1) is 12.7 Å². The molecule has 0 unspecified atom stereocenters. The maximum Gasteiger partial charge on any atom is 0.263 e. The van der Waals surface area contributed by atoms with Gasteiger partial charge in [0, 0.05) is 10.7 Å². The van der Waals surface area contributed by atoms with E-state index in [1.165, 1.54) is 24.4 Å². The summed E-state index contributed by atoms with van der Waals surface area (Å²) in [6.45, 7) is 1.94. The smallest absolute Gasteiger partial charge is 0.263 e. The molecule has 26 heavy (non-hydrogen) atoms. The molecular weight excluding hydrogens is 377 g/mol. The normalized spacial score (nSPS) is 11.2. The molecule has 0 atom stereocenters. The first-order valence-corrected chi connectivity index (χ1v) is 9.47. The fourth-order valence-corrected chi connectivity index (χ4v) is 3.40. The molecule has 1 heterocycles. The predicted octanol–water partition coefficient (Wildman–Crippen LogP) is 4.73. The lowest BCUT2D eigenvalue weighted by atomic mass is 10.2. The molecular formula is C18H15ClFN3O2S. The molecule has 134 valence electrons. The lowest BCUT2D eigenvalue weighted by Gasteiger charge is -2.11. The summed E-state index contributed by atoms with van der Waals surface area (Å²) in [6, 6.07) is 13.3. The van der Waals surface area contributed by atoms with E-state index in [0.29, 0.717) is 10.7 Å². The molecule has 0 amide bonds. The lowest BCUT2D eigenvalue weighted by molar-refractivity contribution is 0.599. The van der Waals surface area contributed by atoms with Crippen molar-refractivity contribution in [2.75, 3.05) is 10.0 Å². The average molecular weight is 392 g/mol. The minimum Gasteiger partial charge on any atom is -0.354 e. The van der Waals surface area contributed by atoms with Gasteiger partial charge in [0.25, 0.3) is 10.0 Å². The average Bonchev–Trinajstić information content (AvgIpc) is 2.60. The van der Waals surface area contributed by atoms with Gasteiger partial charge in [0.2, 0.25) is 0 Å². The van der Waals surface area contributed by atoms with Crippen LogP contribution in [0.3, 0.4) is 0 Å². The topological polar surface area (TPSA) is 71.1 Å². The molecule has 0 saturated heterocycles. The fraction of sp³-hybridized carbons (Fsp3) is 0.0556. The number of nitrogens with one attached hydrogen (secondary N) is 2. The molecule has 2 aromatic carbocycles. The number of hydrogen-bond donors (Lipinski definition) is 2. The van der Waals surface area contributed by atoms with Crippen LogP contribution in [0.25, 0.3) is 0 Å².